The van der Waals surface area contributed by atoms with Crippen LogP contribution in [-0.2, 0) is 9.47 Å². The summed E-state index contributed by atoms with van der Waals surface area (Å²) in [6.07, 6.45) is 4.80. The predicted molar refractivity (Wildman–Crippen MR) is 74.3 cm³/mol. The van der Waals surface area contributed by atoms with Gasteiger partial charge in [-0.15, -0.1) is 0 Å². The molecule has 0 saturated carbocycles. The van der Waals surface area contributed by atoms with E-state index >= 15 is 0 Å². The molecule has 0 unspecified atom stereocenters. The van der Waals surface area contributed by atoms with Gasteiger partial charge in [-0.3, -0.25) is 0 Å². The van der Waals surface area contributed by atoms with Gasteiger partial charge in [-0.1, -0.05) is 25.5 Å². The summed E-state index contributed by atoms with van der Waals surface area (Å²) < 4.78 is 12.3. The van der Waals surface area contributed by atoms with Crippen molar-refractivity contribution < 1.29 is 9.47 Å². The molecule has 0 spiro atoms. The second-order valence-corrected chi connectivity index (χ2v) is 7.03. The molecule has 0 amide bonds. The van der Waals surface area contributed by atoms with Crippen molar-refractivity contribution in [1.29, 1.82) is 0 Å². The van der Waals surface area contributed by atoms with Crippen LogP contribution >= 0.6 is 0 Å². The highest BCUT2D eigenvalue weighted by atomic mass is 16.7. The molecule has 0 radical (unpaired) electrons. The molecule has 1 heterocycles. The normalized spacial score (nSPS) is 44.6. The Labute approximate surface area is 112 Å². The molecule has 0 bridgehead atoms. The van der Waals surface area contributed by atoms with Crippen LogP contribution in [-0.4, -0.2) is 18.0 Å². The fraction of sp³-hybridized carbons (Fsp3) is 0.875. The third-order valence-electron chi connectivity index (χ3n) is 4.35. The van der Waals surface area contributed by atoms with Gasteiger partial charge in [-0.2, -0.15) is 0 Å². The largest absolute Gasteiger partial charge is 0.349 e. The van der Waals surface area contributed by atoms with Gasteiger partial charge in [-0.25, -0.2) is 0 Å². The van der Waals surface area contributed by atoms with Crippen LogP contribution in [0, 0.1) is 17.8 Å². The molecule has 0 N–H and O–H groups in total. The van der Waals surface area contributed by atoms with Crippen LogP contribution in [0.25, 0.3) is 0 Å². The van der Waals surface area contributed by atoms with Crippen molar-refractivity contribution in [3.05, 3.63) is 11.6 Å². The van der Waals surface area contributed by atoms with E-state index in [-0.39, 0.29) is 11.9 Å². The first kappa shape index (κ1) is 14.1. The van der Waals surface area contributed by atoms with Crippen LogP contribution < -0.4 is 0 Å². The van der Waals surface area contributed by atoms with Crippen LogP contribution in [0.2, 0.25) is 0 Å². The molecule has 0 aromatic rings. The fourth-order valence-electron chi connectivity index (χ4n) is 3.84. The zero-order chi connectivity index (χ0) is 13.5. The zero-order valence-electron chi connectivity index (χ0n) is 12.7. The highest BCUT2D eigenvalue weighted by Crippen LogP contribution is 2.41. The maximum absolute atomic E-state index is 6.21. The molecule has 1 aliphatic heterocycles. The molecule has 1 fully saturated rings. The van der Waals surface area contributed by atoms with E-state index in [1.165, 1.54) is 12.0 Å². The first-order valence-electron chi connectivity index (χ1n) is 7.29. The molecular formula is C16H28O2. The molecule has 2 aliphatic rings. The minimum absolute atomic E-state index is 0.0434. The second-order valence-electron chi connectivity index (χ2n) is 7.03. The van der Waals surface area contributed by atoms with E-state index in [2.05, 4.69) is 47.6 Å². The van der Waals surface area contributed by atoms with E-state index in [9.17, 15) is 0 Å². The minimum Gasteiger partial charge on any atom is -0.349 e. The van der Waals surface area contributed by atoms with Crippen molar-refractivity contribution in [2.45, 2.75) is 72.4 Å². The first-order valence-corrected chi connectivity index (χ1v) is 7.29. The Bertz CT molecular complexity index is 332. The predicted octanol–water partition coefficient (Wildman–Crippen LogP) is 4.15. The summed E-state index contributed by atoms with van der Waals surface area (Å²) in [6.45, 7) is 13.4. The quantitative estimate of drug-likeness (QED) is 0.653. The topological polar surface area (TPSA) is 18.5 Å². The Balaban J connectivity index is 2.15. The van der Waals surface area contributed by atoms with Crippen molar-refractivity contribution in [1.82, 2.24) is 0 Å². The summed E-state index contributed by atoms with van der Waals surface area (Å²) in [7, 11) is 0. The van der Waals surface area contributed by atoms with Crippen LogP contribution in [0.4, 0.5) is 0 Å². The maximum atomic E-state index is 6.21. The third-order valence-corrected chi connectivity index (χ3v) is 4.35. The number of ether oxygens (including phenoxy) is 2. The van der Waals surface area contributed by atoms with Crippen LogP contribution in [0.5, 0.6) is 0 Å². The SMILES string of the molecule is CC1=C[C@H](C)[C@H]([C@H]2O[C@@H](C)CC(C)(C)O2)[C@H](C)C1. The lowest BCUT2D eigenvalue weighted by atomic mass is 9.74. The zero-order valence-corrected chi connectivity index (χ0v) is 12.7. The molecule has 18 heavy (non-hydrogen) atoms. The van der Waals surface area contributed by atoms with E-state index < -0.39 is 0 Å². The van der Waals surface area contributed by atoms with E-state index in [0.29, 0.717) is 23.9 Å². The van der Waals surface area contributed by atoms with Gasteiger partial charge in [-0.05, 0) is 46.0 Å². The van der Waals surface area contributed by atoms with Crippen molar-refractivity contribution in [3.8, 4) is 0 Å². The number of hydrogen-bond donors (Lipinski definition) is 0. The summed E-state index contributed by atoms with van der Waals surface area (Å²) in [5.41, 5.74) is 1.45. The van der Waals surface area contributed by atoms with E-state index in [4.69, 9.17) is 9.47 Å². The lowest BCUT2D eigenvalue weighted by Gasteiger charge is -2.46. The molecule has 0 aromatic carbocycles. The average molecular weight is 252 g/mol. The summed E-state index contributed by atoms with van der Waals surface area (Å²) in [6, 6.07) is 0. The van der Waals surface area contributed by atoms with E-state index in [1.54, 1.807) is 0 Å². The Morgan fingerprint density at radius 2 is 1.89 bits per heavy atom. The van der Waals surface area contributed by atoms with Gasteiger partial charge < -0.3 is 9.47 Å². The monoisotopic (exact) mass is 252 g/mol. The van der Waals surface area contributed by atoms with Gasteiger partial charge in [0, 0.05) is 12.3 Å². The molecular weight excluding hydrogens is 224 g/mol. The summed E-state index contributed by atoms with van der Waals surface area (Å²) in [5, 5.41) is 0. The molecule has 5 atom stereocenters. The van der Waals surface area contributed by atoms with Gasteiger partial charge in [0.25, 0.3) is 0 Å². The van der Waals surface area contributed by atoms with Gasteiger partial charge in [0.15, 0.2) is 6.29 Å². The van der Waals surface area contributed by atoms with E-state index in [0.717, 1.165) is 6.42 Å². The van der Waals surface area contributed by atoms with Gasteiger partial charge in [0.1, 0.15) is 0 Å². The Hall–Kier alpha value is -0.340. The second kappa shape index (κ2) is 4.97. The average Bonchev–Trinajstić information content (AvgIpc) is 2.11. The third kappa shape index (κ3) is 2.97. The summed E-state index contributed by atoms with van der Waals surface area (Å²) in [5.74, 6) is 1.66. The highest BCUT2D eigenvalue weighted by Gasteiger charge is 2.42. The number of allylic oxidation sites excluding steroid dienone is 2. The van der Waals surface area contributed by atoms with Crippen molar-refractivity contribution in [2.24, 2.45) is 17.8 Å². The smallest absolute Gasteiger partial charge is 0.162 e. The molecule has 104 valence electrons. The number of hydrogen-bond acceptors (Lipinski definition) is 2. The van der Waals surface area contributed by atoms with Crippen molar-refractivity contribution >= 4 is 0 Å². The fourth-order valence-corrected chi connectivity index (χ4v) is 3.84. The number of rotatable bonds is 1. The molecule has 2 rings (SSSR count). The Morgan fingerprint density at radius 3 is 2.44 bits per heavy atom. The van der Waals surface area contributed by atoms with Crippen LogP contribution in [0.1, 0.15) is 54.4 Å². The molecule has 1 aliphatic carbocycles. The molecule has 2 nitrogen and oxygen atoms in total. The Kier molecular flexibility index (Phi) is 3.89. The minimum atomic E-state index is -0.0576. The summed E-state index contributed by atoms with van der Waals surface area (Å²) >= 11 is 0. The molecule has 0 aromatic heterocycles. The molecule has 2 heteroatoms. The summed E-state index contributed by atoms with van der Waals surface area (Å²) in [4.78, 5) is 0. The highest BCUT2D eigenvalue weighted by molar-refractivity contribution is 5.09. The lowest BCUT2D eigenvalue weighted by Crippen LogP contribution is -2.49. The standard InChI is InChI=1S/C16H28O2/c1-10-7-11(2)14(12(3)8-10)15-17-13(4)9-16(5,6)18-15/h7,11-15H,8-9H2,1-6H3/t11-,12+,13-,14-,15-/m0/s1. The van der Waals surface area contributed by atoms with Gasteiger partial charge in [0.2, 0.25) is 0 Å². The van der Waals surface area contributed by atoms with Gasteiger partial charge in [0.05, 0.1) is 11.7 Å². The first-order chi connectivity index (χ1) is 8.28. The van der Waals surface area contributed by atoms with Crippen molar-refractivity contribution in [2.75, 3.05) is 0 Å². The Morgan fingerprint density at radius 1 is 1.22 bits per heavy atom. The molecule has 1 saturated heterocycles. The lowest BCUT2D eigenvalue weighted by molar-refractivity contribution is -0.296. The van der Waals surface area contributed by atoms with Crippen LogP contribution in [0.15, 0.2) is 11.6 Å². The maximum Gasteiger partial charge on any atom is 0.162 e. The van der Waals surface area contributed by atoms with Gasteiger partial charge >= 0.3 is 0 Å². The van der Waals surface area contributed by atoms with E-state index in [1.807, 2.05) is 0 Å². The van der Waals surface area contributed by atoms with Crippen molar-refractivity contribution in [3.63, 3.8) is 0 Å². The van der Waals surface area contributed by atoms with Crippen LogP contribution in [0.3, 0.4) is 0 Å².